The minimum absolute atomic E-state index is 0.278. The van der Waals surface area contributed by atoms with Crippen LogP contribution in [0.3, 0.4) is 0 Å². The molecule has 0 atom stereocenters. The third kappa shape index (κ3) is 7.27. The number of carbonyl (C=O) groups is 2. The van der Waals surface area contributed by atoms with Crippen LogP contribution in [-0.4, -0.2) is 38.8 Å². The molecule has 0 bridgehead atoms. The molecule has 0 radical (unpaired) electrons. The molecule has 0 aliphatic rings. The SMILES string of the molecule is CCOc1ccc(OCC(=O)OCC(=O)NCc2ccc(OC)cc2)cc1. The van der Waals surface area contributed by atoms with Gasteiger partial charge in [0.05, 0.1) is 13.7 Å². The standard InChI is InChI=1S/C20H23NO6/c1-3-25-17-8-10-18(11-9-17)26-14-20(23)27-13-19(22)21-12-15-4-6-16(24-2)7-5-15/h4-11H,3,12-14H2,1-2H3,(H,21,22). The highest BCUT2D eigenvalue weighted by Gasteiger charge is 2.08. The van der Waals surface area contributed by atoms with Crippen molar-refractivity contribution in [3.63, 3.8) is 0 Å². The molecule has 0 aliphatic heterocycles. The van der Waals surface area contributed by atoms with Crippen LogP contribution in [0.25, 0.3) is 0 Å². The van der Waals surface area contributed by atoms with Crippen LogP contribution in [0.1, 0.15) is 12.5 Å². The molecule has 0 heterocycles. The number of rotatable bonds is 10. The van der Waals surface area contributed by atoms with E-state index in [0.717, 1.165) is 17.1 Å². The topological polar surface area (TPSA) is 83.1 Å². The maximum atomic E-state index is 11.7. The Labute approximate surface area is 158 Å². The lowest BCUT2D eigenvalue weighted by Gasteiger charge is -2.09. The summed E-state index contributed by atoms with van der Waals surface area (Å²) in [5.41, 5.74) is 0.911. The molecule has 1 N–H and O–H groups in total. The van der Waals surface area contributed by atoms with Crippen LogP contribution in [-0.2, 0) is 20.9 Å². The summed E-state index contributed by atoms with van der Waals surface area (Å²) >= 11 is 0. The summed E-state index contributed by atoms with van der Waals surface area (Å²) in [7, 11) is 1.59. The molecule has 27 heavy (non-hydrogen) atoms. The van der Waals surface area contributed by atoms with Gasteiger partial charge in [0.1, 0.15) is 17.2 Å². The highest BCUT2D eigenvalue weighted by Crippen LogP contribution is 2.17. The molecule has 0 spiro atoms. The predicted octanol–water partition coefficient (Wildman–Crippen LogP) is 2.33. The van der Waals surface area contributed by atoms with E-state index in [9.17, 15) is 9.59 Å². The molecule has 0 saturated carbocycles. The highest BCUT2D eigenvalue weighted by molar-refractivity contribution is 5.80. The molecule has 0 unspecified atom stereocenters. The molecule has 0 aromatic heterocycles. The lowest BCUT2D eigenvalue weighted by atomic mass is 10.2. The summed E-state index contributed by atoms with van der Waals surface area (Å²) in [6, 6.07) is 14.2. The van der Waals surface area contributed by atoms with Crippen molar-refractivity contribution >= 4 is 11.9 Å². The number of esters is 1. The van der Waals surface area contributed by atoms with Crippen molar-refractivity contribution in [2.24, 2.45) is 0 Å². The van der Waals surface area contributed by atoms with Crippen molar-refractivity contribution in [1.29, 1.82) is 0 Å². The molecule has 144 valence electrons. The summed E-state index contributed by atoms with van der Waals surface area (Å²) in [5, 5.41) is 2.67. The first-order valence-electron chi connectivity index (χ1n) is 8.51. The summed E-state index contributed by atoms with van der Waals surface area (Å²) in [6.45, 7) is 2.17. The molecule has 7 heteroatoms. The molecular formula is C20H23NO6. The fourth-order valence-electron chi connectivity index (χ4n) is 2.12. The highest BCUT2D eigenvalue weighted by atomic mass is 16.6. The Morgan fingerprint density at radius 1 is 0.852 bits per heavy atom. The Kier molecular flexibility index (Phi) is 7.96. The van der Waals surface area contributed by atoms with Gasteiger partial charge in [-0.15, -0.1) is 0 Å². The number of hydrogen-bond donors (Lipinski definition) is 1. The number of carbonyl (C=O) groups excluding carboxylic acids is 2. The van der Waals surface area contributed by atoms with Gasteiger partial charge in [0.25, 0.3) is 5.91 Å². The monoisotopic (exact) mass is 373 g/mol. The molecule has 0 fully saturated rings. The van der Waals surface area contributed by atoms with Crippen LogP contribution in [0.5, 0.6) is 17.2 Å². The van der Waals surface area contributed by atoms with E-state index in [1.165, 1.54) is 0 Å². The third-order valence-corrected chi connectivity index (χ3v) is 3.50. The van der Waals surface area contributed by atoms with Gasteiger partial charge in [0, 0.05) is 6.54 Å². The van der Waals surface area contributed by atoms with Gasteiger partial charge in [-0.2, -0.15) is 0 Å². The summed E-state index contributed by atoms with van der Waals surface area (Å²) in [6.07, 6.45) is 0. The number of nitrogens with one attached hydrogen (secondary N) is 1. The summed E-state index contributed by atoms with van der Waals surface area (Å²) in [5.74, 6) is 0.968. The molecule has 2 aromatic rings. The molecule has 2 rings (SSSR count). The average molecular weight is 373 g/mol. The van der Waals surface area contributed by atoms with Crippen molar-refractivity contribution in [2.45, 2.75) is 13.5 Å². The maximum Gasteiger partial charge on any atom is 0.344 e. The van der Waals surface area contributed by atoms with E-state index in [-0.39, 0.29) is 19.1 Å². The Morgan fingerprint density at radius 3 is 2.04 bits per heavy atom. The molecular weight excluding hydrogens is 350 g/mol. The van der Waals surface area contributed by atoms with Crippen molar-refractivity contribution in [3.05, 3.63) is 54.1 Å². The van der Waals surface area contributed by atoms with Crippen LogP contribution >= 0.6 is 0 Å². The number of benzene rings is 2. The lowest BCUT2D eigenvalue weighted by Crippen LogP contribution is -2.29. The van der Waals surface area contributed by atoms with Gasteiger partial charge < -0.3 is 24.3 Å². The summed E-state index contributed by atoms with van der Waals surface area (Å²) in [4.78, 5) is 23.4. The number of amides is 1. The van der Waals surface area contributed by atoms with Crippen LogP contribution in [0.2, 0.25) is 0 Å². The zero-order chi connectivity index (χ0) is 19.5. The average Bonchev–Trinajstić information content (AvgIpc) is 2.70. The Balaban J connectivity index is 1.64. The smallest absolute Gasteiger partial charge is 0.344 e. The molecule has 0 aliphatic carbocycles. The van der Waals surface area contributed by atoms with Crippen molar-refractivity contribution < 1.29 is 28.5 Å². The minimum Gasteiger partial charge on any atom is -0.497 e. The number of ether oxygens (including phenoxy) is 4. The minimum atomic E-state index is -0.622. The van der Waals surface area contributed by atoms with Crippen LogP contribution < -0.4 is 19.5 Å². The van der Waals surface area contributed by atoms with Crippen LogP contribution in [0.4, 0.5) is 0 Å². The van der Waals surface area contributed by atoms with E-state index in [2.05, 4.69) is 5.32 Å². The second kappa shape index (κ2) is 10.7. The van der Waals surface area contributed by atoms with E-state index in [4.69, 9.17) is 18.9 Å². The second-order valence-electron chi connectivity index (χ2n) is 5.48. The Morgan fingerprint density at radius 2 is 1.44 bits per heavy atom. The van der Waals surface area contributed by atoms with E-state index >= 15 is 0 Å². The largest absolute Gasteiger partial charge is 0.497 e. The van der Waals surface area contributed by atoms with Gasteiger partial charge in [0.15, 0.2) is 13.2 Å². The fraction of sp³-hybridized carbons (Fsp3) is 0.300. The first-order chi connectivity index (χ1) is 13.1. The fourth-order valence-corrected chi connectivity index (χ4v) is 2.12. The van der Waals surface area contributed by atoms with E-state index in [0.29, 0.717) is 18.9 Å². The van der Waals surface area contributed by atoms with Crippen LogP contribution in [0, 0.1) is 0 Å². The Bertz CT molecular complexity index is 727. The van der Waals surface area contributed by atoms with Gasteiger partial charge in [-0.1, -0.05) is 12.1 Å². The van der Waals surface area contributed by atoms with Gasteiger partial charge >= 0.3 is 5.97 Å². The zero-order valence-electron chi connectivity index (χ0n) is 15.4. The maximum absolute atomic E-state index is 11.7. The van der Waals surface area contributed by atoms with E-state index < -0.39 is 5.97 Å². The van der Waals surface area contributed by atoms with Gasteiger partial charge in [-0.3, -0.25) is 4.79 Å². The number of methoxy groups -OCH3 is 1. The lowest BCUT2D eigenvalue weighted by molar-refractivity contribution is -0.150. The zero-order valence-corrected chi connectivity index (χ0v) is 15.4. The van der Waals surface area contributed by atoms with Gasteiger partial charge in [-0.25, -0.2) is 4.79 Å². The first kappa shape index (κ1) is 20.1. The molecule has 7 nitrogen and oxygen atoms in total. The first-order valence-corrected chi connectivity index (χ1v) is 8.51. The third-order valence-electron chi connectivity index (χ3n) is 3.50. The van der Waals surface area contributed by atoms with E-state index in [1.807, 2.05) is 19.1 Å². The quantitative estimate of drug-likeness (QED) is 0.644. The van der Waals surface area contributed by atoms with Gasteiger partial charge in [0.2, 0.25) is 0 Å². The molecule has 1 amide bonds. The number of hydrogen-bond acceptors (Lipinski definition) is 6. The normalized spacial score (nSPS) is 10.0. The second-order valence-corrected chi connectivity index (χ2v) is 5.48. The Hall–Kier alpha value is -3.22. The van der Waals surface area contributed by atoms with E-state index in [1.54, 1.807) is 43.5 Å². The van der Waals surface area contributed by atoms with Crippen molar-refractivity contribution in [1.82, 2.24) is 5.32 Å². The molecule has 0 saturated heterocycles. The summed E-state index contributed by atoms with van der Waals surface area (Å²) < 4.78 is 20.6. The van der Waals surface area contributed by atoms with Crippen LogP contribution in [0.15, 0.2) is 48.5 Å². The predicted molar refractivity (Wildman–Crippen MR) is 98.9 cm³/mol. The van der Waals surface area contributed by atoms with Gasteiger partial charge in [-0.05, 0) is 48.9 Å². The molecule has 2 aromatic carbocycles. The van der Waals surface area contributed by atoms with Crippen molar-refractivity contribution in [3.8, 4) is 17.2 Å². The van der Waals surface area contributed by atoms with Crippen molar-refractivity contribution in [2.75, 3.05) is 26.9 Å².